The number of carbonyl (C=O) groups is 1. The molecule has 0 fully saturated rings. The van der Waals surface area contributed by atoms with E-state index in [1.54, 1.807) is 0 Å². The second-order valence-corrected chi connectivity index (χ2v) is 6.10. The number of rotatable bonds is 6. The Kier molecular flexibility index (Phi) is 5.00. The Bertz CT molecular complexity index is 680. The summed E-state index contributed by atoms with van der Waals surface area (Å²) >= 11 is 0. The van der Waals surface area contributed by atoms with Crippen molar-refractivity contribution in [2.24, 2.45) is 5.41 Å². The number of aromatic hydroxyl groups is 1. The van der Waals surface area contributed by atoms with Gasteiger partial charge >= 0.3 is 0 Å². The molecule has 0 spiro atoms. The predicted molar refractivity (Wildman–Crippen MR) is 83.0 cm³/mol. The summed E-state index contributed by atoms with van der Waals surface area (Å²) in [5, 5.41) is 25.6. The summed E-state index contributed by atoms with van der Waals surface area (Å²) in [4.78, 5) is 12.1. The Morgan fingerprint density at radius 1 is 1.35 bits per heavy atom. The Morgan fingerprint density at radius 3 is 2.61 bits per heavy atom. The molecule has 1 heterocycles. The lowest BCUT2D eigenvalue weighted by Crippen LogP contribution is -2.34. The molecule has 1 aromatic carbocycles. The second-order valence-electron chi connectivity index (χ2n) is 6.10. The van der Waals surface area contributed by atoms with E-state index in [4.69, 9.17) is 5.11 Å². The van der Waals surface area contributed by atoms with E-state index in [0.717, 1.165) is 0 Å². The monoisotopic (exact) mass is 321 g/mol. The third kappa shape index (κ3) is 4.29. The lowest BCUT2D eigenvalue weighted by Gasteiger charge is -2.23. The van der Waals surface area contributed by atoms with Crippen molar-refractivity contribution in [2.75, 3.05) is 13.2 Å². The molecule has 23 heavy (non-hydrogen) atoms. The summed E-state index contributed by atoms with van der Waals surface area (Å²) in [5.74, 6) is -1.14. The standard InChI is InChI=1S/C16H20FN3O3/c1-16(2,7-8-21)10-18-15(23)14-13(22)9-20(19-14)12-5-3-11(17)4-6-12/h3-6,9,21-22H,7-8,10H2,1-2H3,(H,18,23). The van der Waals surface area contributed by atoms with Gasteiger partial charge in [-0.25, -0.2) is 9.07 Å². The van der Waals surface area contributed by atoms with E-state index in [2.05, 4.69) is 10.4 Å². The average molecular weight is 321 g/mol. The minimum atomic E-state index is -0.505. The number of hydrogen-bond donors (Lipinski definition) is 3. The average Bonchev–Trinajstić information content (AvgIpc) is 2.87. The first-order chi connectivity index (χ1) is 10.8. The quantitative estimate of drug-likeness (QED) is 0.758. The van der Waals surface area contributed by atoms with Crippen molar-refractivity contribution in [1.82, 2.24) is 15.1 Å². The molecule has 2 aromatic rings. The molecular formula is C16H20FN3O3. The van der Waals surface area contributed by atoms with Gasteiger partial charge in [-0.15, -0.1) is 0 Å². The van der Waals surface area contributed by atoms with Gasteiger partial charge < -0.3 is 15.5 Å². The van der Waals surface area contributed by atoms with Gasteiger partial charge in [0.15, 0.2) is 11.4 Å². The van der Waals surface area contributed by atoms with Gasteiger partial charge in [-0.2, -0.15) is 5.10 Å². The third-order valence-electron chi connectivity index (χ3n) is 3.52. The molecule has 0 atom stereocenters. The smallest absolute Gasteiger partial charge is 0.275 e. The summed E-state index contributed by atoms with van der Waals surface area (Å²) in [6.45, 7) is 4.21. The van der Waals surface area contributed by atoms with Crippen LogP contribution >= 0.6 is 0 Å². The topological polar surface area (TPSA) is 87.4 Å². The summed E-state index contributed by atoms with van der Waals surface area (Å²) in [6.07, 6.45) is 1.84. The zero-order valence-electron chi connectivity index (χ0n) is 13.1. The van der Waals surface area contributed by atoms with Crippen LogP contribution < -0.4 is 5.32 Å². The van der Waals surface area contributed by atoms with Crippen molar-refractivity contribution in [3.63, 3.8) is 0 Å². The summed E-state index contributed by atoms with van der Waals surface area (Å²) in [6, 6.07) is 5.53. The maximum absolute atomic E-state index is 12.9. The van der Waals surface area contributed by atoms with Crippen molar-refractivity contribution in [3.05, 3.63) is 42.0 Å². The largest absolute Gasteiger partial charge is 0.504 e. The number of benzene rings is 1. The van der Waals surface area contributed by atoms with Crippen LogP contribution in [-0.2, 0) is 0 Å². The summed E-state index contributed by atoms with van der Waals surface area (Å²) in [7, 11) is 0. The summed E-state index contributed by atoms with van der Waals surface area (Å²) < 4.78 is 14.2. The Balaban J connectivity index is 2.11. The van der Waals surface area contributed by atoms with Crippen LogP contribution in [0.15, 0.2) is 30.5 Å². The number of hydrogen-bond acceptors (Lipinski definition) is 4. The Labute approximate surface area is 133 Å². The fourth-order valence-electron chi connectivity index (χ4n) is 2.05. The number of halogens is 1. The van der Waals surface area contributed by atoms with E-state index in [0.29, 0.717) is 18.7 Å². The highest BCUT2D eigenvalue weighted by Gasteiger charge is 2.22. The van der Waals surface area contributed by atoms with E-state index in [1.807, 2.05) is 13.8 Å². The molecule has 0 aliphatic rings. The van der Waals surface area contributed by atoms with Gasteiger partial charge in [0.05, 0.1) is 11.9 Å². The zero-order chi connectivity index (χ0) is 17.0. The SMILES string of the molecule is CC(C)(CCO)CNC(=O)c1nn(-c2ccc(F)cc2)cc1O. The highest BCUT2D eigenvalue weighted by Crippen LogP contribution is 2.21. The molecule has 7 heteroatoms. The van der Waals surface area contributed by atoms with Crippen LogP contribution in [0.2, 0.25) is 0 Å². The maximum atomic E-state index is 12.9. The van der Waals surface area contributed by atoms with Crippen molar-refractivity contribution in [1.29, 1.82) is 0 Å². The molecule has 0 aliphatic heterocycles. The van der Waals surface area contributed by atoms with E-state index < -0.39 is 5.91 Å². The lowest BCUT2D eigenvalue weighted by molar-refractivity contribution is 0.0920. The van der Waals surface area contributed by atoms with Crippen LogP contribution in [0.4, 0.5) is 4.39 Å². The fourth-order valence-corrected chi connectivity index (χ4v) is 2.05. The molecule has 6 nitrogen and oxygen atoms in total. The number of carbonyl (C=O) groups excluding carboxylic acids is 1. The van der Waals surface area contributed by atoms with Gasteiger partial charge in [0.2, 0.25) is 0 Å². The highest BCUT2D eigenvalue weighted by atomic mass is 19.1. The molecule has 0 radical (unpaired) electrons. The van der Waals surface area contributed by atoms with Crippen LogP contribution in [-0.4, -0.2) is 39.1 Å². The molecule has 1 amide bonds. The molecule has 0 bridgehead atoms. The third-order valence-corrected chi connectivity index (χ3v) is 3.52. The minimum absolute atomic E-state index is 0.0350. The normalized spacial score (nSPS) is 11.5. The molecule has 0 saturated carbocycles. The van der Waals surface area contributed by atoms with E-state index >= 15 is 0 Å². The number of nitrogens with one attached hydrogen (secondary N) is 1. The fraction of sp³-hybridized carbons (Fsp3) is 0.375. The Morgan fingerprint density at radius 2 is 2.00 bits per heavy atom. The second kappa shape index (κ2) is 6.78. The minimum Gasteiger partial charge on any atom is -0.504 e. The number of nitrogens with zero attached hydrogens (tertiary/aromatic N) is 2. The van der Waals surface area contributed by atoms with Gasteiger partial charge in [-0.3, -0.25) is 4.79 Å². The Hall–Kier alpha value is -2.41. The first-order valence-electron chi connectivity index (χ1n) is 7.26. The lowest BCUT2D eigenvalue weighted by atomic mass is 9.90. The number of aliphatic hydroxyl groups is 1. The molecule has 3 N–H and O–H groups in total. The number of aromatic nitrogens is 2. The molecule has 0 aliphatic carbocycles. The molecule has 0 saturated heterocycles. The highest BCUT2D eigenvalue weighted by molar-refractivity contribution is 5.94. The molecule has 0 unspecified atom stereocenters. The summed E-state index contributed by atoms with van der Waals surface area (Å²) in [5.41, 5.74) is 0.162. The van der Waals surface area contributed by atoms with Crippen LogP contribution in [0, 0.1) is 11.2 Å². The van der Waals surface area contributed by atoms with Crippen molar-refractivity contribution >= 4 is 5.91 Å². The van der Waals surface area contributed by atoms with Crippen LogP contribution in [0.3, 0.4) is 0 Å². The number of aliphatic hydroxyl groups excluding tert-OH is 1. The maximum Gasteiger partial charge on any atom is 0.275 e. The van der Waals surface area contributed by atoms with Crippen LogP contribution in [0.25, 0.3) is 5.69 Å². The predicted octanol–water partition coefficient (Wildman–Crippen LogP) is 1.86. The van der Waals surface area contributed by atoms with Gasteiger partial charge in [0.1, 0.15) is 5.82 Å². The van der Waals surface area contributed by atoms with Crippen LogP contribution in [0.1, 0.15) is 30.8 Å². The van der Waals surface area contributed by atoms with E-state index in [9.17, 15) is 14.3 Å². The zero-order valence-corrected chi connectivity index (χ0v) is 13.1. The first kappa shape index (κ1) is 17.0. The van der Waals surface area contributed by atoms with Gasteiger partial charge in [0.25, 0.3) is 5.91 Å². The van der Waals surface area contributed by atoms with Crippen molar-refractivity contribution in [2.45, 2.75) is 20.3 Å². The van der Waals surface area contributed by atoms with Gasteiger partial charge in [0, 0.05) is 13.2 Å². The van der Waals surface area contributed by atoms with Gasteiger partial charge in [-0.05, 0) is 36.1 Å². The van der Waals surface area contributed by atoms with Gasteiger partial charge in [-0.1, -0.05) is 13.8 Å². The first-order valence-corrected chi connectivity index (χ1v) is 7.26. The molecule has 1 aromatic heterocycles. The molecular weight excluding hydrogens is 301 g/mol. The molecule has 124 valence electrons. The van der Waals surface area contributed by atoms with E-state index in [-0.39, 0.29) is 29.3 Å². The van der Waals surface area contributed by atoms with Crippen LogP contribution in [0.5, 0.6) is 5.75 Å². The van der Waals surface area contributed by atoms with Crippen molar-refractivity contribution < 1.29 is 19.4 Å². The molecule has 2 rings (SSSR count). The van der Waals surface area contributed by atoms with Crippen molar-refractivity contribution in [3.8, 4) is 11.4 Å². The van der Waals surface area contributed by atoms with E-state index in [1.165, 1.54) is 35.1 Å². The number of amides is 1.